The van der Waals surface area contributed by atoms with Crippen molar-refractivity contribution in [2.45, 2.75) is 25.3 Å². The molecule has 0 aliphatic carbocycles. The zero-order chi connectivity index (χ0) is 16.4. The minimum atomic E-state index is 0.286. The third kappa shape index (κ3) is 3.21. The molecular weight excluding hydrogens is 304 g/mol. The van der Waals surface area contributed by atoms with Gasteiger partial charge in [0.05, 0.1) is 17.7 Å². The smallest absolute Gasteiger partial charge is 0.249 e. The molecule has 0 N–H and O–H groups in total. The normalized spacial score (nSPS) is 18.8. The fourth-order valence-electron chi connectivity index (χ4n) is 3.22. The molecule has 1 aliphatic rings. The van der Waals surface area contributed by atoms with Crippen molar-refractivity contribution >= 4 is 0 Å². The summed E-state index contributed by atoms with van der Waals surface area (Å²) in [7, 11) is 1.95. The standard InChI is InChI=1S/C17H20N6O/c1-22-10-13(8-19-22)11-23-7-3-5-15(12-23)17-21-20-16(24-17)14-4-2-6-18-9-14/h2,4,6,8-10,15H,3,5,7,11-12H2,1H3. The summed E-state index contributed by atoms with van der Waals surface area (Å²) in [5.74, 6) is 1.56. The van der Waals surface area contributed by atoms with Gasteiger partial charge in [0.1, 0.15) is 0 Å². The molecule has 0 saturated carbocycles. The van der Waals surface area contributed by atoms with Gasteiger partial charge in [-0.05, 0) is 31.5 Å². The number of hydrogen-bond donors (Lipinski definition) is 0. The Hall–Kier alpha value is -2.54. The van der Waals surface area contributed by atoms with Crippen LogP contribution in [0.3, 0.4) is 0 Å². The molecule has 0 amide bonds. The molecule has 0 radical (unpaired) electrons. The number of pyridine rings is 1. The van der Waals surface area contributed by atoms with Crippen LogP contribution >= 0.6 is 0 Å². The molecule has 1 unspecified atom stereocenters. The lowest BCUT2D eigenvalue weighted by molar-refractivity contribution is 0.186. The first-order valence-corrected chi connectivity index (χ1v) is 8.21. The quantitative estimate of drug-likeness (QED) is 0.733. The predicted molar refractivity (Wildman–Crippen MR) is 88.0 cm³/mol. The summed E-state index contributed by atoms with van der Waals surface area (Å²) in [6, 6.07) is 3.80. The summed E-state index contributed by atoms with van der Waals surface area (Å²) in [5, 5.41) is 12.7. The van der Waals surface area contributed by atoms with Gasteiger partial charge in [0.15, 0.2) is 0 Å². The van der Waals surface area contributed by atoms with Crippen molar-refractivity contribution in [2.75, 3.05) is 13.1 Å². The molecule has 1 aliphatic heterocycles. The first-order chi connectivity index (χ1) is 11.8. The average Bonchev–Trinajstić information content (AvgIpc) is 3.25. The van der Waals surface area contributed by atoms with Crippen LogP contribution in [-0.2, 0) is 13.6 Å². The highest BCUT2D eigenvalue weighted by Crippen LogP contribution is 2.28. The van der Waals surface area contributed by atoms with Gasteiger partial charge < -0.3 is 4.42 Å². The van der Waals surface area contributed by atoms with Crippen molar-refractivity contribution in [3.05, 3.63) is 48.4 Å². The molecule has 124 valence electrons. The van der Waals surface area contributed by atoms with Crippen LogP contribution in [0, 0.1) is 0 Å². The average molecular weight is 324 g/mol. The molecule has 7 heteroatoms. The number of nitrogens with zero attached hydrogens (tertiary/aromatic N) is 6. The number of rotatable bonds is 4. The van der Waals surface area contributed by atoms with Crippen LogP contribution in [0.4, 0.5) is 0 Å². The van der Waals surface area contributed by atoms with E-state index >= 15 is 0 Å². The zero-order valence-electron chi connectivity index (χ0n) is 13.7. The lowest BCUT2D eigenvalue weighted by atomic mass is 9.98. The molecule has 3 aromatic rings. The molecule has 3 aromatic heterocycles. The highest BCUT2D eigenvalue weighted by molar-refractivity contribution is 5.49. The summed E-state index contributed by atoms with van der Waals surface area (Å²) in [6.07, 6.45) is 9.69. The number of piperidine rings is 1. The van der Waals surface area contributed by atoms with E-state index in [0.717, 1.165) is 43.9 Å². The summed E-state index contributed by atoms with van der Waals surface area (Å²) >= 11 is 0. The van der Waals surface area contributed by atoms with Crippen LogP contribution in [-0.4, -0.2) is 43.0 Å². The predicted octanol–water partition coefficient (Wildman–Crippen LogP) is 2.24. The highest BCUT2D eigenvalue weighted by Gasteiger charge is 2.26. The molecular formula is C17H20N6O. The van der Waals surface area contributed by atoms with Crippen LogP contribution < -0.4 is 0 Å². The van der Waals surface area contributed by atoms with E-state index in [1.54, 1.807) is 12.4 Å². The summed E-state index contributed by atoms with van der Waals surface area (Å²) in [4.78, 5) is 6.53. The third-order valence-electron chi connectivity index (χ3n) is 4.37. The molecule has 4 rings (SSSR count). The van der Waals surface area contributed by atoms with Gasteiger partial charge in [0.2, 0.25) is 11.8 Å². The maximum atomic E-state index is 5.91. The Morgan fingerprint density at radius 2 is 2.25 bits per heavy atom. The van der Waals surface area contributed by atoms with Gasteiger partial charge in [-0.15, -0.1) is 10.2 Å². The maximum Gasteiger partial charge on any atom is 0.249 e. The summed E-state index contributed by atoms with van der Waals surface area (Å²) in [6.45, 7) is 2.94. The SMILES string of the molecule is Cn1cc(CN2CCCC(c3nnc(-c4cccnc4)o3)C2)cn1. The Labute approximate surface area is 140 Å². The summed E-state index contributed by atoms with van der Waals surface area (Å²) in [5.41, 5.74) is 2.10. The lowest BCUT2D eigenvalue weighted by Gasteiger charge is -2.30. The van der Waals surface area contributed by atoms with Crippen LogP contribution in [0.15, 0.2) is 41.3 Å². The van der Waals surface area contributed by atoms with E-state index in [1.807, 2.05) is 30.1 Å². The molecule has 24 heavy (non-hydrogen) atoms. The summed E-state index contributed by atoms with van der Waals surface area (Å²) < 4.78 is 7.75. The van der Waals surface area contributed by atoms with Crippen LogP contribution in [0.25, 0.3) is 11.5 Å². The van der Waals surface area contributed by atoms with E-state index < -0.39 is 0 Å². The van der Waals surface area contributed by atoms with Crippen LogP contribution in [0.1, 0.15) is 30.2 Å². The molecule has 0 aromatic carbocycles. The lowest BCUT2D eigenvalue weighted by Crippen LogP contribution is -2.33. The van der Waals surface area contributed by atoms with Crippen molar-refractivity contribution < 1.29 is 4.42 Å². The fraction of sp³-hybridized carbons (Fsp3) is 0.412. The van der Waals surface area contributed by atoms with Crippen LogP contribution in [0.5, 0.6) is 0 Å². The topological polar surface area (TPSA) is 72.9 Å². The fourth-order valence-corrected chi connectivity index (χ4v) is 3.22. The van der Waals surface area contributed by atoms with E-state index in [-0.39, 0.29) is 5.92 Å². The molecule has 0 bridgehead atoms. The molecule has 1 atom stereocenters. The van der Waals surface area contributed by atoms with E-state index in [4.69, 9.17) is 4.42 Å². The largest absolute Gasteiger partial charge is 0.420 e. The molecule has 1 saturated heterocycles. The monoisotopic (exact) mass is 324 g/mol. The Morgan fingerprint density at radius 1 is 1.29 bits per heavy atom. The second kappa shape index (κ2) is 6.52. The van der Waals surface area contributed by atoms with Gasteiger partial charge in [-0.1, -0.05) is 0 Å². The number of likely N-dealkylation sites (tertiary alicyclic amines) is 1. The Bertz CT molecular complexity index is 796. The minimum absolute atomic E-state index is 0.286. The molecule has 1 fully saturated rings. The highest BCUT2D eigenvalue weighted by atomic mass is 16.4. The van der Waals surface area contributed by atoms with Gasteiger partial charge in [-0.25, -0.2) is 0 Å². The van der Waals surface area contributed by atoms with Crippen molar-refractivity contribution in [1.29, 1.82) is 0 Å². The molecule has 0 spiro atoms. The number of hydrogen-bond acceptors (Lipinski definition) is 6. The van der Waals surface area contributed by atoms with E-state index in [1.165, 1.54) is 5.56 Å². The maximum absolute atomic E-state index is 5.91. The van der Waals surface area contributed by atoms with E-state index in [9.17, 15) is 0 Å². The van der Waals surface area contributed by atoms with E-state index in [0.29, 0.717) is 5.89 Å². The van der Waals surface area contributed by atoms with Crippen LogP contribution in [0.2, 0.25) is 0 Å². The van der Waals surface area contributed by atoms with Crippen molar-refractivity contribution in [3.8, 4) is 11.5 Å². The number of aromatic nitrogens is 5. The minimum Gasteiger partial charge on any atom is -0.420 e. The number of aryl methyl sites for hydroxylation is 1. The van der Waals surface area contributed by atoms with Crippen molar-refractivity contribution in [3.63, 3.8) is 0 Å². The van der Waals surface area contributed by atoms with Crippen molar-refractivity contribution in [1.82, 2.24) is 29.9 Å². The van der Waals surface area contributed by atoms with E-state index in [2.05, 4.69) is 31.4 Å². The zero-order valence-corrected chi connectivity index (χ0v) is 13.7. The molecule has 4 heterocycles. The van der Waals surface area contributed by atoms with Gasteiger partial charge in [0, 0.05) is 44.3 Å². The second-order valence-corrected chi connectivity index (χ2v) is 6.28. The third-order valence-corrected chi connectivity index (χ3v) is 4.37. The first-order valence-electron chi connectivity index (χ1n) is 8.21. The van der Waals surface area contributed by atoms with Gasteiger partial charge in [0.25, 0.3) is 0 Å². The second-order valence-electron chi connectivity index (χ2n) is 6.28. The Balaban J connectivity index is 1.45. The van der Waals surface area contributed by atoms with Gasteiger partial charge in [-0.3, -0.25) is 14.6 Å². The van der Waals surface area contributed by atoms with Crippen molar-refractivity contribution in [2.24, 2.45) is 7.05 Å². The Morgan fingerprint density at radius 3 is 3.04 bits per heavy atom. The first kappa shape index (κ1) is 15.0. The van der Waals surface area contributed by atoms with Gasteiger partial charge >= 0.3 is 0 Å². The Kier molecular flexibility index (Phi) is 4.08. The van der Waals surface area contributed by atoms with Gasteiger partial charge in [-0.2, -0.15) is 5.10 Å². The molecule has 7 nitrogen and oxygen atoms in total.